The second-order valence-electron chi connectivity index (χ2n) is 4.44. The highest BCUT2D eigenvalue weighted by molar-refractivity contribution is 7.80. The van der Waals surface area contributed by atoms with Crippen LogP contribution in [0.1, 0.15) is 5.56 Å². The predicted octanol–water partition coefficient (Wildman–Crippen LogP) is 3.55. The van der Waals surface area contributed by atoms with E-state index in [9.17, 15) is 4.79 Å². The molecule has 114 valence electrons. The Labute approximate surface area is 143 Å². The van der Waals surface area contributed by atoms with Gasteiger partial charge in [-0.05, 0) is 54.2 Å². The summed E-state index contributed by atoms with van der Waals surface area (Å²) in [5.74, 6) is -0.206. The molecule has 0 aliphatic carbocycles. The Bertz CT molecular complexity index is 600. The number of benzene rings is 2. The summed E-state index contributed by atoms with van der Waals surface area (Å²) in [5, 5.41) is 4.48. The number of hydrogen-bond donors (Lipinski definition) is 3. The second kappa shape index (κ2) is 7.98. The van der Waals surface area contributed by atoms with E-state index < -0.39 is 0 Å². The van der Waals surface area contributed by atoms with E-state index in [2.05, 4.69) is 16.2 Å². The predicted molar refractivity (Wildman–Crippen MR) is 94.1 cm³/mol. The SMILES string of the molecule is O=C(Cc1ccc(Cl)cc1)NNC(=S)Nc1ccc(Cl)cc1. The minimum atomic E-state index is -0.206. The quantitative estimate of drug-likeness (QED) is 0.583. The smallest absolute Gasteiger partial charge is 0.242 e. The number of carbonyl (C=O) groups excluding carboxylic acids is 1. The van der Waals surface area contributed by atoms with Crippen LogP contribution in [0.2, 0.25) is 10.0 Å². The van der Waals surface area contributed by atoms with Crippen LogP contribution >= 0.6 is 35.4 Å². The molecule has 0 fully saturated rings. The molecular formula is C15H13Cl2N3OS. The highest BCUT2D eigenvalue weighted by atomic mass is 35.5. The van der Waals surface area contributed by atoms with Crippen LogP contribution < -0.4 is 16.2 Å². The molecule has 0 aromatic heterocycles. The molecule has 0 atom stereocenters. The molecule has 0 bridgehead atoms. The Balaban J connectivity index is 1.76. The highest BCUT2D eigenvalue weighted by Crippen LogP contribution is 2.13. The van der Waals surface area contributed by atoms with Crippen LogP contribution in [0, 0.1) is 0 Å². The zero-order valence-electron chi connectivity index (χ0n) is 11.4. The van der Waals surface area contributed by atoms with E-state index in [4.69, 9.17) is 35.4 Å². The van der Waals surface area contributed by atoms with E-state index in [1.165, 1.54) is 0 Å². The Morgan fingerprint density at radius 2 is 1.45 bits per heavy atom. The molecule has 3 N–H and O–H groups in total. The zero-order valence-corrected chi connectivity index (χ0v) is 13.7. The van der Waals surface area contributed by atoms with Crippen molar-refractivity contribution < 1.29 is 4.79 Å². The molecule has 2 aromatic rings. The highest BCUT2D eigenvalue weighted by Gasteiger charge is 2.04. The van der Waals surface area contributed by atoms with Gasteiger partial charge in [0.2, 0.25) is 5.91 Å². The molecule has 0 radical (unpaired) electrons. The third kappa shape index (κ3) is 5.52. The van der Waals surface area contributed by atoms with Gasteiger partial charge >= 0.3 is 0 Å². The molecule has 0 aliphatic heterocycles. The fourth-order valence-corrected chi connectivity index (χ4v) is 2.07. The maximum Gasteiger partial charge on any atom is 0.242 e. The molecule has 0 spiro atoms. The van der Waals surface area contributed by atoms with Gasteiger partial charge in [-0.15, -0.1) is 0 Å². The first-order valence-corrected chi connectivity index (χ1v) is 7.55. The van der Waals surface area contributed by atoms with Crippen molar-refractivity contribution in [3.8, 4) is 0 Å². The van der Waals surface area contributed by atoms with E-state index in [0.29, 0.717) is 10.0 Å². The standard InChI is InChI=1S/C15H13Cl2N3OS/c16-11-3-1-10(2-4-11)9-14(21)19-20-15(22)18-13-7-5-12(17)6-8-13/h1-8H,9H2,(H,19,21)(H2,18,20,22). The van der Waals surface area contributed by atoms with Gasteiger partial charge in [-0.25, -0.2) is 0 Å². The van der Waals surface area contributed by atoms with Crippen LogP contribution in [-0.2, 0) is 11.2 Å². The number of thiocarbonyl (C=S) groups is 1. The molecule has 0 heterocycles. The van der Waals surface area contributed by atoms with E-state index >= 15 is 0 Å². The molecule has 2 aromatic carbocycles. The van der Waals surface area contributed by atoms with Gasteiger partial charge in [0.25, 0.3) is 0 Å². The Morgan fingerprint density at radius 1 is 0.909 bits per heavy atom. The van der Waals surface area contributed by atoms with Crippen LogP contribution in [0.4, 0.5) is 5.69 Å². The van der Waals surface area contributed by atoms with E-state index in [1.807, 2.05) is 0 Å². The summed E-state index contributed by atoms with van der Waals surface area (Å²) in [5.41, 5.74) is 6.80. The third-order valence-corrected chi connectivity index (χ3v) is 3.40. The molecule has 0 saturated carbocycles. The van der Waals surface area contributed by atoms with Gasteiger partial charge in [0, 0.05) is 15.7 Å². The maximum absolute atomic E-state index is 11.8. The molecule has 7 heteroatoms. The lowest BCUT2D eigenvalue weighted by molar-refractivity contribution is -0.120. The minimum Gasteiger partial charge on any atom is -0.331 e. The van der Waals surface area contributed by atoms with Crippen molar-refractivity contribution in [2.24, 2.45) is 0 Å². The number of nitrogens with one attached hydrogen (secondary N) is 3. The van der Waals surface area contributed by atoms with Crippen LogP contribution in [0.15, 0.2) is 48.5 Å². The molecular weight excluding hydrogens is 341 g/mol. The monoisotopic (exact) mass is 353 g/mol. The summed E-state index contributed by atoms with van der Waals surface area (Å²) >= 11 is 16.7. The number of carbonyl (C=O) groups is 1. The Hall–Kier alpha value is -1.82. The number of hydrazine groups is 1. The van der Waals surface area contributed by atoms with E-state index in [-0.39, 0.29) is 17.4 Å². The van der Waals surface area contributed by atoms with E-state index in [1.54, 1.807) is 48.5 Å². The number of anilines is 1. The van der Waals surface area contributed by atoms with Crippen molar-refractivity contribution in [1.82, 2.24) is 10.9 Å². The lowest BCUT2D eigenvalue weighted by Gasteiger charge is -2.11. The van der Waals surface area contributed by atoms with Gasteiger partial charge < -0.3 is 5.32 Å². The first-order chi connectivity index (χ1) is 10.5. The normalized spacial score (nSPS) is 9.91. The lowest BCUT2D eigenvalue weighted by atomic mass is 10.1. The Morgan fingerprint density at radius 3 is 2.05 bits per heavy atom. The van der Waals surface area contributed by atoms with Gasteiger partial charge in [-0.2, -0.15) is 0 Å². The fourth-order valence-electron chi connectivity index (χ4n) is 1.65. The summed E-state index contributed by atoms with van der Waals surface area (Å²) in [6, 6.07) is 14.1. The van der Waals surface area contributed by atoms with Crippen molar-refractivity contribution >= 4 is 52.1 Å². The topological polar surface area (TPSA) is 53.2 Å². The Kier molecular flexibility index (Phi) is 6.00. The van der Waals surface area contributed by atoms with E-state index in [0.717, 1.165) is 11.3 Å². The zero-order chi connectivity index (χ0) is 15.9. The van der Waals surface area contributed by atoms with Crippen molar-refractivity contribution in [2.75, 3.05) is 5.32 Å². The molecule has 2 rings (SSSR count). The summed E-state index contributed by atoms with van der Waals surface area (Å²) in [6.07, 6.45) is 0.230. The van der Waals surface area contributed by atoms with Gasteiger partial charge in [-0.3, -0.25) is 15.6 Å². The van der Waals surface area contributed by atoms with Crippen molar-refractivity contribution in [2.45, 2.75) is 6.42 Å². The molecule has 0 aliphatic rings. The van der Waals surface area contributed by atoms with Gasteiger partial charge in [0.1, 0.15) is 0 Å². The summed E-state index contributed by atoms with van der Waals surface area (Å²) in [7, 11) is 0. The summed E-state index contributed by atoms with van der Waals surface area (Å²) < 4.78 is 0. The molecule has 4 nitrogen and oxygen atoms in total. The third-order valence-electron chi connectivity index (χ3n) is 2.70. The van der Waals surface area contributed by atoms with Crippen LogP contribution in [-0.4, -0.2) is 11.0 Å². The van der Waals surface area contributed by atoms with Crippen molar-refractivity contribution in [1.29, 1.82) is 0 Å². The maximum atomic E-state index is 11.8. The first kappa shape index (κ1) is 16.5. The van der Waals surface area contributed by atoms with Crippen molar-refractivity contribution in [3.63, 3.8) is 0 Å². The molecule has 1 amide bonds. The summed E-state index contributed by atoms with van der Waals surface area (Å²) in [6.45, 7) is 0. The van der Waals surface area contributed by atoms with Gasteiger partial charge in [-0.1, -0.05) is 35.3 Å². The van der Waals surface area contributed by atoms with Crippen LogP contribution in [0.25, 0.3) is 0 Å². The number of rotatable bonds is 3. The molecule has 0 saturated heterocycles. The summed E-state index contributed by atoms with van der Waals surface area (Å²) in [4.78, 5) is 11.8. The fraction of sp³-hybridized carbons (Fsp3) is 0.0667. The number of amides is 1. The average Bonchev–Trinajstić information content (AvgIpc) is 2.50. The lowest BCUT2D eigenvalue weighted by Crippen LogP contribution is -2.44. The van der Waals surface area contributed by atoms with Crippen molar-refractivity contribution in [3.05, 3.63) is 64.1 Å². The number of halogens is 2. The largest absolute Gasteiger partial charge is 0.331 e. The van der Waals surface area contributed by atoms with Gasteiger partial charge in [0.05, 0.1) is 6.42 Å². The van der Waals surface area contributed by atoms with Gasteiger partial charge in [0.15, 0.2) is 5.11 Å². The second-order valence-corrected chi connectivity index (χ2v) is 5.72. The molecule has 22 heavy (non-hydrogen) atoms. The number of hydrogen-bond acceptors (Lipinski definition) is 2. The van der Waals surface area contributed by atoms with Crippen LogP contribution in [0.3, 0.4) is 0 Å². The first-order valence-electron chi connectivity index (χ1n) is 6.39. The minimum absolute atomic E-state index is 0.206. The average molecular weight is 354 g/mol. The molecule has 0 unspecified atom stereocenters. The van der Waals surface area contributed by atoms with Crippen LogP contribution in [0.5, 0.6) is 0 Å².